The maximum Gasteiger partial charge on any atom is 0.391 e. The predicted octanol–water partition coefficient (Wildman–Crippen LogP) is 3.64. The normalized spacial score (nSPS) is 24.9. The fourth-order valence-electron chi connectivity index (χ4n) is 3.69. The number of hydrogen-bond donors (Lipinski definition) is 1. The molecule has 3 rings (SSSR count). The van der Waals surface area contributed by atoms with E-state index in [0.717, 1.165) is 18.8 Å². The third kappa shape index (κ3) is 4.58. The number of carbonyl (C=O) groups is 1. The van der Waals surface area contributed by atoms with Crippen LogP contribution in [0, 0.1) is 5.92 Å². The van der Waals surface area contributed by atoms with E-state index in [2.05, 4.69) is 10.2 Å². The summed E-state index contributed by atoms with van der Waals surface area (Å²) in [4.78, 5) is 16.3. The Kier molecular flexibility index (Phi) is 5.39. The molecule has 1 saturated heterocycles. The molecule has 7 heteroatoms. The van der Waals surface area contributed by atoms with Gasteiger partial charge in [-0.3, -0.25) is 0 Å². The number of nitrogens with zero attached hydrogens (tertiary/aromatic N) is 2. The average Bonchev–Trinajstić information content (AvgIpc) is 2.62. The van der Waals surface area contributed by atoms with Crippen LogP contribution < -0.4 is 10.2 Å². The van der Waals surface area contributed by atoms with Crippen molar-refractivity contribution >= 4 is 11.7 Å². The van der Waals surface area contributed by atoms with Crippen LogP contribution in [0.3, 0.4) is 0 Å². The van der Waals surface area contributed by atoms with Gasteiger partial charge in [-0.1, -0.05) is 24.6 Å². The summed E-state index contributed by atoms with van der Waals surface area (Å²) in [6.45, 7) is 2.62. The molecule has 1 aliphatic carbocycles. The number of hydrogen-bond acceptors (Lipinski definition) is 2. The van der Waals surface area contributed by atoms with E-state index < -0.39 is 12.1 Å². The molecule has 1 N–H and O–H groups in total. The molecule has 1 aliphatic heterocycles. The molecule has 1 heterocycles. The monoisotopic (exact) mass is 355 g/mol. The second-order valence-corrected chi connectivity index (χ2v) is 6.86. The Morgan fingerprint density at radius 3 is 2.36 bits per heavy atom. The minimum absolute atomic E-state index is 0.000773. The van der Waals surface area contributed by atoms with Gasteiger partial charge in [0.05, 0.1) is 5.92 Å². The summed E-state index contributed by atoms with van der Waals surface area (Å²) < 4.78 is 38.6. The van der Waals surface area contributed by atoms with Crippen LogP contribution in [-0.2, 0) is 0 Å². The van der Waals surface area contributed by atoms with E-state index in [-0.39, 0.29) is 24.9 Å². The quantitative estimate of drug-likeness (QED) is 0.879. The summed E-state index contributed by atoms with van der Waals surface area (Å²) in [6, 6.07) is 9.39. The third-order valence-corrected chi connectivity index (χ3v) is 5.15. The minimum Gasteiger partial charge on any atom is -0.368 e. The molecule has 0 spiro atoms. The lowest BCUT2D eigenvalue weighted by Gasteiger charge is -2.38. The molecule has 2 amide bonds. The van der Waals surface area contributed by atoms with Crippen molar-refractivity contribution in [2.24, 2.45) is 5.92 Å². The minimum atomic E-state index is -4.16. The number of rotatable bonds is 2. The van der Waals surface area contributed by atoms with Crippen molar-refractivity contribution in [3.8, 4) is 0 Å². The fourth-order valence-corrected chi connectivity index (χ4v) is 3.69. The fraction of sp³-hybridized carbons (Fsp3) is 0.611. The Hall–Kier alpha value is -1.92. The summed E-state index contributed by atoms with van der Waals surface area (Å²) in [5.74, 6) is -1.29. The Bertz CT molecular complexity index is 571. The molecule has 25 heavy (non-hydrogen) atoms. The van der Waals surface area contributed by atoms with E-state index in [4.69, 9.17) is 0 Å². The highest BCUT2D eigenvalue weighted by molar-refractivity contribution is 5.75. The number of carbonyl (C=O) groups excluding carboxylic acids is 1. The van der Waals surface area contributed by atoms with Gasteiger partial charge in [0, 0.05) is 37.9 Å². The van der Waals surface area contributed by atoms with E-state index in [1.165, 1.54) is 0 Å². The van der Waals surface area contributed by atoms with Crippen molar-refractivity contribution < 1.29 is 18.0 Å². The lowest BCUT2D eigenvalue weighted by molar-refractivity contribution is -0.183. The number of benzene rings is 1. The van der Waals surface area contributed by atoms with Gasteiger partial charge in [0.15, 0.2) is 0 Å². The average molecular weight is 355 g/mol. The first-order valence-corrected chi connectivity index (χ1v) is 8.85. The molecule has 2 unspecified atom stereocenters. The van der Waals surface area contributed by atoms with Gasteiger partial charge in [0.25, 0.3) is 0 Å². The first-order chi connectivity index (χ1) is 11.9. The maximum absolute atomic E-state index is 12.9. The van der Waals surface area contributed by atoms with Crippen LogP contribution in [0.4, 0.5) is 23.7 Å². The Balaban J connectivity index is 1.48. The van der Waals surface area contributed by atoms with Crippen molar-refractivity contribution in [1.29, 1.82) is 0 Å². The van der Waals surface area contributed by atoms with Crippen molar-refractivity contribution in [2.75, 3.05) is 31.1 Å². The molecular weight excluding hydrogens is 331 g/mol. The number of alkyl halides is 3. The summed E-state index contributed by atoms with van der Waals surface area (Å²) in [7, 11) is 0. The molecule has 0 bridgehead atoms. The van der Waals surface area contributed by atoms with E-state index in [9.17, 15) is 18.0 Å². The van der Waals surface area contributed by atoms with Crippen LogP contribution in [0.25, 0.3) is 0 Å². The number of piperazine rings is 1. The summed E-state index contributed by atoms with van der Waals surface area (Å²) in [5, 5.41) is 2.81. The van der Waals surface area contributed by atoms with Crippen molar-refractivity contribution in [1.82, 2.24) is 10.2 Å². The smallest absolute Gasteiger partial charge is 0.368 e. The van der Waals surface area contributed by atoms with Gasteiger partial charge < -0.3 is 15.1 Å². The largest absolute Gasteiger partial charge is 0.391 e. The number of anilines is 1. The standard InChI is InChI=1S/C18H24F3N3O/c19-18(20,21)14-5-4-6-15(13-14)22-17(25)24-11-9-23(10-12-24)16-7-2-1-3-8-16/h1-3,7-8,14-15H,4-6,9-13H2,(H,22,25). The van der Waals surface area contributed by atoms with E-state index in [1.54, 1.807) is 4.90 Å². The number of amides is 2. The first-order valence-electron chi connectivity index (χ1n) is 8.85. The van der Waals surface area contributed by atoms with Crippen molar-refractivity contribution in [3.05, 3.63) is 30.3 Å². The highest BCUT2D eigenvalue weighted by Crippen LogP contribution is 2.37. The number of para-hydroxylation sites is 1. The Morgan fingerprint density at radius 2 is 1.72 bits per heavy atom. The molecule has 0 radical (unpaired) electrons. The van der Waals surface area contributed by atoms with Gasteiger partial charge in [0.2, 0.25) is 0 Å². The first kappa shape index (κ1) is 17.9. The number of nitrogens with one attached hydrogen (secondary N) is 1. The SMILES string of the molecule is O=C(NC1CCCC(C(F)(F)F)C1)N1CCN(c2ccccc2)CC1. The Labute approximate surface area is 146 Å². The molecule has 1 saturated carbocycles. The van der Waals surface area contributed by atoms with Crippen LogP contribution in [-0.4, -0.2) is 49.3 Å². The van der Waals surface area contributed by atoms with E-state index in [0.29, 0.717) is 25.9 Å². The lowest BCUT2D eigenvalue weighted by atomic mass is 9.85. The summed E-state index contributed by atoms with van der Waals surface area (Å²) in [6.07, 6.45) is -2.85. The van der Waals surface area contributed by atoms with Gasteiger partial charge >= 0.3 is 12.2 Å². The molecule has 138 valence electrons. The molecule has 1 aromatic rings. The summed E-state index contributed by atoms with van der Waals surface area (Å²) >= 11 is 0. The van der Waals surface area contributed by atoms with Gasteiger partial charge in [-0.2, -0.15) is 13.2 Å². The lowest BCUT2D eigenvalue weighted by Crippen LogP contribution is -2.54. The van der Waals surface area contributed by atoms with Crippen LogP contribution in [0.2, 0.25) is 0 Å². The highest BCUT2D eigenvalue weighted by Gasteiger charge is 2.42. The summed E-state index contributed by atoms with van der Waals surface area (Å²) in [5.41, 5.74) is 1.13. The number of halogens is 3. The van der Waals surface area contributed by atoms with Crippen molar-refractivity contribution in [2.45, 2.75) is 37.9 Å². The van der Waals surface area contributed by atoms with Crippen LogP contribution >= 0.6 is 0 Å². The zero-order valence-corrected chi connectivity index (χ0v) is 14.1. The van der Waals surface area contributed by atoms with Gasteiger partial charge in [-0.05, 0) is 31.4 Å². The van der Waals surface area contributed by atoms with Gasteiger partial charge in [0.1, 0.15) is 0 Å². The van der Waals surface area contributed by atoms with E-state index >= 15 is 0 Å². The predicted molar refractivity (Wildman–Crippen MR) is 90.6 cm³/mol. The van der Waals surface area contributed by atoms with Crippen LogP contribution in [0.15, 0.2) is 30.3 Å². The topological polar surface area (TPSA) is 35.6 Å². The zero-order valence-electron chi connectivity index (χ0n) is 14.1. The highest BCUT2D eigenvalue weighted by atomic mass is 19.4. The molecule has 4 nitrogen and oxygen atoms in total. The van der Waals surface area contributed by atoms with Gasteiger partial charge in [-0.25, -0.2) is 4.79 Å². The molecule has 2 fully saturated rings. The van der Waals surface area contributed by atoms with Crippen LogP contribution in [0.1, 0.15) is 25.7 Å². The van der Waals surface area contributed by atoms with Crippen molar-refractivity contribution in [3.63, 3.8) is 0 Å². The second kappa shape index (κ2) is 7.54. The Morgan fingerprint density at radius 1 is 1.04 bits per heavy atom. The molecule has 1 aromatic carbocycles. The van der Waals surface area contributed by atoms with Crippen LogP contribution in [0.5, 0.6) is 0 Å². The molecule has 2 aliphatic rings. The number of urea groups is 1. The second-order valence-electron chi connectivity index (χ2n) is 6.86. The molecular formula is C18H24F3N3O. The maximum atomic E-state index is 12.9. The third-order valence-electron chi connectivity index (χ3n) is 5.15. The zero-order chi connectivity index (χ0) is 17.9. The van der Waals surface area contributed by atoms with E-state index in [1.807, 2.05) is 30.3 Å². The van der Waals surface area contributed by atoms with Gasteiger partial charge in [-0.15, -0.1) is 0 Å². The molecule has 2 atom stereocenters. The molecule has 0 aromatic heterocycles.